The maximum Gasteiger partial charge on any atom is 0.337 e. The van der Waals surface area contributed by atoms with Crippen molar-refractivity contribution in [2.45, 2.75) is 20.3 Å². The highest BCUT2D eigenvalue weighted by atomic mass is 16.5. The maximum absolute atomic E-state index is 12.0. The largest absolute Gasteiger partial charge is 0.465 e. The molecule has 1 amide bonds. The zero-order valence-electron chi connectivity index (χ0n) is 14.2. The molecule has 2 rings (SSSR count). The molecule has 0 bridgehead atoms. The minimum atomic E-state index is -0.398. The third-order valence-electron chi connectivity index (χ3n) is 3.49. The van der Waals surface area contributed by atoms with Crippen molar-refractivity contribution in [2.24, 2.45) is 0 Å². The van der Waals surface area contributed by atoms with Crippen LogP contribution in [0.4, 0.5) is 11.4 Å². The number of nitrogens with one attached hydrogen (secondary N) is 2. The third kappa shape index (κ3) is 5.12. The van der Waals surface area contributed by atoms with Gasteiger partial charge in [-0.05, 0) is 61.4 Å². The van der Waals surface area contributed by atoms with Crippen molar-refractivity contribution in [1.29, 1.82) is 0 Å². The Morgan fingerprint density at radius 3 is 2.17 bits per heavy atom. The van der Waals surface area contributed by atoms with Gasteiger partial charge >= 0.3 is 5.97 Å². The Balaban J connectivity index is 1.81. The van der Waals surface area contributed by atoms with E-state index in [4.69, 9.17) is 0 Å². The molecule has 0 saturated carbocycles. The number of amides is 1. The Labute approximate surface area is 142 Å². The molecule has 0 aromatic heterocycles. The van der Waals surface area contributed by atoms with Crippen molar-refractivity contribution in [3.8, 4) is 0 Å². The van der Waals surface area contributed by atoms with Crippen molar-refractivity contribution in [2.75, 3.05) is 24.3 Å². The molecule has 126 valence electrons. The van der Waals surface area contributed by atoms with E-state index in [1.807, 2.05) is 13.8 Å². The summed E-state index contributed by atoms with van der Waals surface area (Å²) in [6, 6.07) is 12.8. The average molecular weight is 326 g/mol. The zero-order valence-corrected chi connectivity index (χ0v) is 14.2. The lowest BCUT2D eigenvalue weighted by molar-refractivity contribution is -0.115. The number of hydrogen-bond donors (Lipinski definition) is 2. The predicted octanol–water partition coefficient (Wildman–Crippen LogP) is 3.53. The van der Waals surface area contributed by atoms with Crippen LogP contribution in [0, 0.1) is 13.8 Å². The summed E-state index contributed by atoms with van der Waals surface area (Å²) in [6.45, 7) is 4.64. The standard InChI is InChI=1S/C19H22N2O3/c1-13-10-14(2)12-17(11-13)20-9-8-18(22)21-16-6-4-15(5-7-16)19(23)24-3/h4-7,10-12,20H,8-9H2,1-3H3,(H,21,22). The van der Waals surface area contributed by atoms with E-state index in [1.54, 1.807) is 24.3 Å². The van der Waals surface area contributed by atoms with Gasteiger partial charge in [0.1, 0.15) is 0 Å². The lowest BCUT2D eigenvalue weighted by atomic mass is 10.1. The van der Waals surface area contributed by atoms with Crippen LogP contribution in [0.15, 0.2) is 42.5 Å². The van der Waals surface area contributed by atoms with Gasteiger partial charge in [0.15, 0.2) is 0 Å². The fraction of sp³-hybridized carbons (Fsp3) is 0.263. The summed E-state index contributed by atoms with van der Waals surface area (Å²) in [5, 5.41) is 6.06. The van der Waals surface area contributed by atoms with Crippen molar-refractivity contribution in [3.05, 3.63) is 59.2 Å². The fourth-order valence-corrected chi connectivity index (χ4v) is 2.43. The molecule has 24 heavy (non-hydrogen) atoms. The molecule has 5 heteroatoms. The first-order valence-corrected chi connectivity index (χ1v) is 7.78. The van der Waals surface area contributed by atoms with Crippen LogP contribution >= 0.6 is 0 Å². The summed E-state index contributed by atoms with van der Waals surface area (Å²) in [4.78, 5) is 23.3. The van der Waals surface area contributed by atoms with Gasteiger partial charge in [0, 0.05) is 24.3 Å². The molecular formula is C19H22N2O3. The van der Waals surface area contributed by atoms with E-state index in [-0.39, 0.29) is 5.91 Å². The van der Waals surface area contributed by atoms with Crippen LogP contribution in [0.1, 0.15) is 27.9 Å². The van der Waals surface area contributed by atoms with Gasteiger partial charge in [-0.2, -0.15) is 0 Å². The Morgan fingerprint density at radius 1 is 0.958 bits per heavy atom. The third-order valence-corrected chi connectivity index (χ3v) is 3.49. The lowest BCUT2D eigenvalue weighted by Gasteiger charge is -2.09. The highest BCUT2D eigenvalue weighted by Gasteiger charge is 2.06. The van der Waals surface area contributed by atoms with Gasteiger partial charge in [0.05, 0.1) is 12.7 Å². The van der Waals surface area contributed by atoms with Gasteiger partial charge in [0.25, 0.3) is 0 Å². The molecule has 0 unspecified atom stereocenters. The molecule has 2 aromatic carbocycles. The topological polar surface area (TPSA) is 67.4 Å². The van der Waals surface area contributed by atoms with E-state index >= 15 is 0 Å². The SMILES string of the molecule is COC(=O)c1ccc(NC(=O)CCNc2cc(C)cc(C)c2)cc1. The summed E-state index contributed by atoms with van der Waals surface area (Å²) in [5.74, 6) is -0.483. The molecule has 0 spiro atoms. The van der Waals surface area contributed by atoms with Gasteiger partial charge < -0.3 is 15.4 Å². The summed E-state index contributed by atoms with van der Waals surface area (Å²) in [6.07, 6.45) is 0.353. The van der Waals surface area contributed by atoms with E-state index in [0.29, 0.717) is 24.2 Å². The summed E-state index contributed by atoms with van der Waals surface area (Å²) in [7, 11) is 1.33. The van der Waals surface area contributed by atoms with E-state index < -0.39 is 5.97 Å². The van der Waals surface area contributed by atoms with Crippen LogP contribution in [0.5, 0.6) is 0 Å². The molecule has 2 N–H and O–H groups in total. The molecule has 0 saturated heterocycles. The zero-order chi connectivity index (χ0) is 17.5. The minimum Gasteiger partial charge on any atom is -0.465 e. The number of esters is 1. The fourth-order valence-electron chi connectivity index (χ4n) is 2.43. The van der Waals surface area contributed by atoms with Crippen LogP contribution in [-0.2, 0) is 9.53 Å². The summed E-state index contributed by atoms with van der Waals surface area (Å²) < 4.78 is 4.63. The number of hydrogen-bond acceptors (Lipinski definition) is 4. The number of anilines is 2. The first kappa shape index (κ1) is 17.5. The molecule has 0 heterocycles. The maximum atomic E-state index is 12.0. The molecule has 5 nitrogen and oxygen atoms in total. The van der Waals surface area contributed by atoms with Crippen molar-refractivity contribution >= 4 is 23.3 Å². The van der Waals surface area contributed by atoms with Gasteiger partial charge in [-0.15, -0.1) is 0 Å². The highest BCUT2D eigenvalue weighted by molar-refractivity contribution is 5.93. The summed E-state index contributed by atoms with van der Waals surface area (Å²) in [5.41, 5.74) is 4.49. The second kappa shape index (κ2) is 8.15. The van der Waals surface area contributed by atoms with Gasteiger partial charge in [-0.25, -0.2) is 4.79 Å². The van der Waals surface area contributed by atoms with Crippen LogP contribution in [-0.4, -0.2) is 25.5 Å². The van der Waals surface area contributed by atoms with E-state index in [1.165, 1.54) is 18.2 Å². The van der Waals surface area contributed by atoms with Crippen LogP contribution in [0.3, 0.4) is 0 Å². The van der Waals surface area contributed by atoms with E-state index in [9.17, 15) is 9.59 Å². The molecular weight excluding hydrogens is 304 g/mol. The van der Waals surface area contributed by atoms with Gasteiger partial charge in [0.2, 0.25) is 5.91 Å². The molecule has 0 atom stereocenters. The Hall–Kier alpha value is -2.82. The number of carbonyl (C=O) groups is 2. The Morgan fingerprint density at radius 2 is 1.58 bits per heavy atom. The van der Waals surface area contributed by atoms with Crippen LogP contribution < -0.4 is 10.6 Å². The molecule has 2 aromatic rings. The molecule has 0 aliphatic heterocycles. The van der Waals surface area contributed by atoms with E-state index in [2.05, 4.69) is 33.6 Å². The van der Waals surface area contributed by atoms with Crippen molar-refractivity contribution in [3.63, 3.8) is 0 Å². The quantitative estimate of drug-likeness (QED) is 0.797. The van der Waals surface area contributed by atoms with Gasteiger partial charge in [-0.1, -0.05) is 6.07 Å². The predicted molar refractivity (Wildman–Crippen MR) is 95.4 cm³/mol. The number of rotatable bonds is 6. The van der Waals surface area contributed by atoms with Gasteiger partial charge in [-0.3, -0.25) is 4.79 Å². The first-order valence-electron chi connectivity index (χ1n) is 7.78. The normalized spacial score (nSPS) is 10.1. The number of aryl methyl sites for hydroxylation is 2. The monoisotopic (exact) mass is 326 g/mol. The van der Waals surface area contributed by atoms with Crippen LogP contribution in [0.25, 0.3) is 0 Å². The smallest absolute Gasteiger partial charge is 0.337 e. The van der Waals surface area contributed by atoms with E-state index in [0.717, 1.165) is 5.69 Å². The number of ether oxygens (including phenoxy) is 1. The molecule has 0 fully saturated rings. The number of methoxy groups -OCH3 is 1. The average Bonchev–Trinajstić information content (AvgIpc) is 2.54. The minimum absolute atomic E-state index is 0.0855. The van der Waals surface area contributed by atoms with Crippen LogP contribution in [0.2, 0.25) is 0 Å². The van der Waals surface area contributed by atoms with Crippen molar-refractivity contribution < 1.29 is 14.3 Å². The molecule has 0 radical (unpaired) electrons. The Kier molecular flexibility index (Phi) is 5.95. The Bertz CT molecular complexity index is 704. The highest BCUT2D eigenvalue weighted by Crippen LogP contribution is 2.14. The first-order chi connectivity index (χ1) is 11.5. The summed E-state index contributed by atoms with van der Waals surface area (Å²) >= 11 is 0. The number of benzene rings is 2. The second-order valence-electron chi connectivity index (χ2n) is 5.67. The number of carbonyl (C=O) groups excluding carboxylic acids is 2. The molecule has 0 aliphatic rings. The molecule has 0 aliphatic carbocycles. The second-order valence-corrected chi connectivity index (χ2v) is 5.67. The lowest BCUT2D eigenvalue weighted by Crippen LogP contribution is -2.16. The van der Waals surface area contributed by atoms with Crippen molar-refractivity contribution in [1.82, 2.24) is 0 Å².